The van der Waals surface area contributed by atoms with E-state index < -0.39 is 15.9 Å². The minimum absolute atomic E-state index is 0.0105. The third-order valence-electron chi connectivity index (χ3n) is 5.21. The number of anilines is 1. The standard InChI is InChI=1S/C22H24N4O4S2/c1-25-14-11-23-22(25)31-18-8-6-17(7-9-18)24-21(27)16-5-10-19(30-2)20(15-16)32(28,29)26-12-3-4-13-26/h5-11,14-15H,3-4,12-13H2,1-2H3,(H,24,27). The molecule has 3 aromatic rings. The lowest BCUT2D eigenvalue weighted by molar-refractivity contribution is 0.102. The van der Waals surface area contributed by atoms with E-state index in [2.05, 4.69) is 10.3 Å². The van der Waals surface area contributed by atoms with Crippen LogP contribution in [0.15, 0.2) is 69.8 Å². The van der Waals surface area contributed by atoms with Crippen molar-refractivity contribution < 1.29 is 17.9 Å². The fraction of sp³-hybridized carbons (Fsp3) is 0.273. The number of carbonyl (C=O) groups is 1. The molecule has 0 aliphatic carbocycles. The minimum atomic E-state index is -3.73. The lowest BCUT2D eigenvalue weighted by Gasteiger charge is -2.18. The van der Waals surface area contributed by atoms with Crippen molar-refractivity contribution in [1.29, 1.82) is 0 Å². The van der Waals surface area contributed by atoms with Crippen LogP contribution < -0.4 is 10.1 Å². The van der Waals surface area contributed by atoms with Crippen molar-refractivity contribution in [2.45, 2.75) is 27.8 Å². The molecule has 0 atom stereocenters. The van der Waals surface area contributed by atoms with Gasteiger partial charge in [0, 0.05) is 48.7 Å². The summed E-state index contributed by atoms with van der Waals surface area (Å²) in [7, 11) is -0.380. The molecule has 2 heterocycles. The molecule has 2 aromatic carbocycles. The van der Waals surface area contributed by atoms with Gasteiger partial charge in [-0.3, -0.25) is 4.79 Å². The van der Waals surface area contributed by atoms with Gasteiger partial charge in [-0.25, -0.2) is 13.4 Å². The molecular weight excluding hydrogens is 448 g/mol. The van der Waals surface area contributed by atoms with E-state index >= 15 is 0 Å². The number of hydrogen-bond donors (Lipinski definition) is 1. The van der Waals surface area contributed by atoms with Gasteiger partial charge in [-0.1, -0.05) is 11.8 Å². The number of ether oxygens (including phenoxy) is 1. The Balaban J connectivity index is 1.51. The lowest BCUT2D eigenvalue weighted by Crippen LogP contribution is -2.28. The Bertz CT molecular complexity index is 1220. The van der Waals surface area contributed by atoms with Gasteiger partial charge in [-0.05, 0) is 55.3 Å². The van der Waals surface area contributed by atoms with Gasteiger partial charge in [-0.15, -0.1) is 0 Å². The van der Waals surface area contributed by atoms with Crippen LogP contribution in [-0.2, 0) is 17.1 Å². The highest BCUT2D eigenvalue weighted by Crippen LogP contribution is 2.30. The van der Waals surface area contributed by atoms with Crippen LogP contribution in [0.3, 0.4) is 0 Å². The molecule has 32 heavy (non-hydrogen) atoms. The SMILES string of the molecule is COc1ccc(C(=O)Nc2ccc(Sc3nccn3C)cc2)cc1S(=O)(=O)N1CCCC1. The number of benzene rings is 2. The number of amides is 1. The summed E-state index contributed by atoms with van der Waals surface area (Å²) in [5, 5.41) is 3.69. The topological polar surface area (TPSA) is 93.5 Å². The van der Waals surface area contributed by atoms with Crippen molar-refractivity contribution in [3.8, 4) is 5.75 Å². The van der Waals surface area contributed by atoms with Crippen molar-refractivity contribution in [1.82, 2.24) is 13.9 Å². The van der Waals surface area contributed by atoms with Crippen LogP contribution in [0.4, 0.5) is 5.69 Å². The average Bonchev–Trinajstić information content (AvgIpc) is 3.47. The van der Waals surface area contributed by atoms with E-state index in [0.29, 0.717) is 18.8 Å². The molecule has 1 saturated heterocycles. The first kappa shape index (κ1) is 22.4. The first-order valence-corrected chi connectivity index (χ1v) is 12.4. The van der Waals surface area contributed by atoms with Crippen LogP contribution in [0.2, 0.25) is 0 Å². The molecule has 1 aliphatic rings. The first-order chi connectivity index (χ1) is 15.4. The van der Waals surface area contributed by atoms with Gasteiger partial charge in [0.25, 0.3) is 5.91 Å². The molecule has 1 aromatic heterocycles. The van der Waals surface area contributed by atoms with Crippen molar-refractivity contribution in [3.05, 3.63) is 60.4 Å². The van der Waals surface area contributed by atoms with Gasteiger partial charge in [-0.2, -0.15) is 4.31 Å². The third kappa shape index (κ3) is 4.67. The monoisotopic (exact) mass is 472 g/mol. The highest BCUT2D eigenvalue weighted by atomic mass is 32.2. The summed E-state index contributed by atoms with van der Waals surface area (Å²) in [6.45, 7) is 0.953. The van der Waals surface area contributed by atoms with Gasteiger partial charge in [0.1, 0.15) is 10.6 Å². The predicted octanol–water partition coefficient (Wildman–Crippen LogP) is 3.62. The van der Waals surface area contributed by atoms with Crippen LogP contribution in [0.5, 0.6) is 5.75 Å². The quantitative estimate of drug-likeness (QED) is 0.565. The zero-order valence-electron chi connectivity index (χ0n) is 17.8. The fourth-order valence-corrected chi connectivity index (χ4v) is 5.95. The Kier molecular flexibility index (Phi) is 6.54. The van der Waals surface area contributed by atoms with Crippen LogP contribution >= 0.6 is 11.8 Å². The van der Waals surface area contributed by atoms with Crippen molar-refractivity contribution in [2.75, 3.05) is 25.5 Å². The van der Waals surface area contributed by atoms with Crippen molar-refractivity contribution in [3.63, 3.8) is 0 Å². The molecule has 1 fully saturated rings. The van der Waals surface area contributed by atoms with E-state index in [1.54, 1.807) is 24.4 Å². The number of nitrogens with zero attached hydrogens (tertiary/aromatic N) is 3. The fourth-order valence-electron chi connectivity index (χ4n) is 3.45. The third-order valence-corrected chi connectivity index (χ3v) is 8.21. The van der Waals surface area contributed by atoms with Crippen LogP contribution in [0.25, 0.3) is 0 Å². The Morgan fingerprint density at radius 1 is 1.12 bits per heavy atom. The number of imidazole rings is 1. The molecule has 1 amide bonds. The van der Waals surface area contributed by atoms with Gasteiger partial charge in [0.15, 0.2) is 5.16 Å². The number of sulfonamides is 1. The maximum atomic E-state index is 13.0. The second-order valence-corrected chi connectivity index (χ2v) is 10.3. The maximum absolute atomic E-state index is 13.0. The largest absolute Gasteiger partial charge is 0.495 e. The summed E-state index contributed by atoms with van der Waals surface area (Å²) < 4.78 is 34.7. The Morgan fingerprint density at radius 2 is 1.84 bits per heavy atom. The van der Waals surface area contributed by atoms with Crippen molar-refractivity contribution >= 4 is 33.4 Å². The molecule has 0 spiro atoms. The number of rotatable bonds is 7. The van der Waals surface area contributed by atoms with E-state index in [1.165, 1.54) is 35.3 Å². The van der Waals surface area contributed by atoms with Crippen LogP contribution in [-0.4, -0.2) is 48.4 Å². The van der Waals surface area contributed by atoms with E-state index in [9.17, 15) is 13.2 Å². The molecule has 0 unspecified atom stereocenters. The average molecular weight is 473 g/mol. The van der Waals surface area contributed by atoms with E-state index in [1.807, 2.05) is 29.9 Å². The van der Waals surface area contributed by atoms with Crippen LogP contribution in [0.1, 0.15) is 23.2 Å². The summed E-state index contributed by atoms with van der Waals surface area (Å²) >= 11 is 1.52. The van der Waals surface area contributed by atoms with Gasteiger partial charge in [0.05, 0.1) is 7.11 Å². The number of hydrogen-bond acceptors (Lipinski definition) is 6. The van der Waals surface area contributed by atoms with Gasteiger partial charge >= 0.3 is 0 Å². The normalized spacial score (nSPS) is 14.4. The summed E-state index contributed by atoms with van der Waals surface area (Å²) in [6.07, 6.45) is 5.28. The highest BCUT2D eigenvalue weighted by molar-refractivity contribution is 7.99. The van der Waals surface area contributed by atoms with Gasteiger partial charge < -0.3 is 14.6 Å². The Labute approximate surface area is 191 Å². The predicted molar refractivity (Wildman–Crippen MR) is 123 cm³/mol. The first-order valence-electron chi connectivity index (χ1n) is 10.1. The summed E-state index contributed by atoms with van der Waals surface area (Å²) in [6, 6.07) is 11.8. The number of aromatic nitrogens is 2. The molecule has 10 heteroatoms. The molecule has 1 N–H and O–H groups in total. The molecule has 8 nitrogen and oxygen atoms in total. The smallest absolute Gasteiger partial charge is 0.255 e. The highest BCUT2D eigenvalue weighted by Gasteiger charge is 2.30. The molecule has 0 radical (unpaired) electrons. The van der Waals surface area contributed by atoms with Crippen LogP contribution in [0, 0.1) is 0 Å². The Morgan fingerprint density at radius 3 is 2.47 bits per heavy atom. The molecule has 0 bridgehead atoms. The van der Waals surface area contributed by atoms with E-state index in [4.69, 9.17) is 4.74 Å². The lowest BCUT2D eigenvalue weighted by atomic mass is 10.2. The second kappa shape index (κ2) is 9.35. The van der Waals surface area contributed by atoms with E-state index in [-0.39, 0.29) is 16.2 Å². The molecule has 168 valence electrons. The summed E-state index contributed by atoms with van der Waals surface area (Å²) in [5.41, 5.74) is 0.856. The zero-order chi connectivity index (χ0) is 22.7. The van der Waals surface area contributed by atoms with E-state index in [0.717, 1.165) is 22.9 Å². The summed E-state index contributed by atoms with van der Waals surface area (Å²) in [4.78, 5) is 18.1. The number of methoxy groups -OCH3 is 1. The molecule has 4 rings (SSSR count). The van der Waals surface area contributed by atoms with Crippen molar-refractivity contribution in [2.24, 2.45) is 7.05 Å². The molecule has 0 saturated carbocycles. The van der Waals surface area contributed by atoms with Gasteiger partial charge in [0.2, 0.25) is 10.0 Å². The number of carbonyl (C=O) groups excluding carboxylic acids is 1. The minimum Gasteiger partial charge on any atom is -0.495 e. The Hall–Kier alpha value is -2.82. The zero-order valence-corrected chi connectivity index (χ0v) is 19.4. The second-order valence-electron chi connectivity index (χ2n) is 7.38. The molecule has 1 aliphatic heterocycles. The molecular formula is C22H24N4O4S2. The number of aryl methyl sites for hydroxylation is 1. The summed E-state index contributed by atoms with van der Waals surface area (Å²) in [5.74, 6) is -0.167. The maximum Gasteiger partial charge on any atom is 0.255 e. The number of nitrogens with one attached hydrogen (secondary N) is 1.